The molecule has 0 aromatic heterocycles. The van der Waals surface area contributed by atoms with E-state index in [0.717, 1.165) is 24.0 Å². The van der Waals surface area contributed by atoms with Gasteiger partial charge in [0.2, 0.25) is 0 Å². The standard InChI is InChI=1S/C15H18F3N/c1-10-2-4-11(5-3-10)13(12-6-7-12)19-14(8-9-14)15(16,17)18/h2-5,12-13,19H,6-9H2,1H3. The van der Waals surface area contributed by atoms with Crippen LogP contribution in [0.3, 0.4) is 0 Å². The maximum Gasteiger partial charge on any atom is 0.406 e. The first-order chi connectivity index (χ1) is 8.91. The lowest BCUT2D eigenvalue weighted by Crippen LogP contribution is -2.47. The van der Waals surface area contributed by atoms with E-state index in [1.165, 1.54) is 0 Å². The first-order valence-corrected chi connectivity index (χ1v) is 6.82. The van der Waals surface area contributed by atoms with Gasteiger partial charge in [-0.1, -0.05) is 29.8 Å². The van der Waals surface area contributed by atoms with Gasteiger partial charge in [-0.25, -0.2) is 0 Å². The number of benzene rings is 1. The Balaban J connectivity index is 1.81. The molecule has 0 amide bonds. The van der Waals surface area contributed by atoms with E-state index in [1.54, 1.807) is 0 Å². The fraction of sp³-hybridized carbons (Fsp3) is 0.600. The van der Waals surface area contributed by atoms with Crippen LogP contribution >= 0.6 is 0 Å². The van der Waals surface area contributed by atoms with E-state index < -0.39 is 11.7 Å². The summed E-state index contributed by atoms with van der Waals surface area (Å²) in [6.45, 7) is 1.99. The van der Waals surface area contributed by atoms with Crippen LogP contribution in [0.5, 0.6) is 0 Å². The summed E-state index contributed by atoms with van der Waals surface area (Å²) >= 11 is 0. The van der Waals surface area contributed by atoms with E-state index in [2.05, 4.69) is 5.32 Å². The van der Waals surface area contributed by atoms with E-state index in [1.807, 2.05) is 31.2 Å². The Morgan fingerprint density at radius 3 is 2.16 bits per heavy atom. The predicted octanol–water partition coefficient (Wildman–Crippen LogP) is 4.13. The molecule has 2 aliphatic rings. The first kappa shape index (κ1) is 13.0. The summed E-state index contributed by atoms with van der Waals surface area (Å²) in [5, 5.41) is 2.92. The Labute approximate surface area is 111 Å². The van der Waals surface area contributed by atoms with Gasteiger partial charge in [-0.15, -0.1) is 0 Å². The van der Waals surface area contributed by atoms with E-state index in [9.17, 15) is 13.2 Å². The zero-order chi connectivity index (χ0) is 13.7. The molecule has 2 aliphatic carbocycles. The molecule has 0 saturated heterocycles. The van der Waals surface area contributed by atoms with Gasteiger partial charge in [0, 0.05) is 6.04 Å². The highest BCUT2D eigenvalue weighted by Gasteiger charge is 2.64. The molecular weight excluding hydrogens is 251 g/mol. The molecule has 104 valence electrons. The summed E-state index contributed by atoms with van der Waals surface area (Å²) in [5.41, 5.74) is 0.504. The summed E-state index contributed by atoms with van der Waals surface area (Å²) in [4.78, 5) is 0. The number of nitrogens with one attached hydrogen (secondary N) is 1. The number of halogens is 3. The fourth-order valence-corrected chi connectivity index (χ4v) is 2.61. The number of hydrogen-bond donors (Lipinski definition) is 1. The third-order valence-electron chi connectivity index (χ3n) is 4.25. The van der Waals surface area contributed by atoms with Gasteiger partial charge >= 0.3 is 6.18 Å². The lowest BCUT2D eigenvalue weighted by Gasteiger charge is -2.28. The van der Waals surface area contributed by atoms with Crippen molar-refractivity contribution in [1.29, 1.82) is 0 Å². The third-order valence-corrected chi connectivity index (χ3v) is 4.25. The van der Waals surface area contributed by atoms with Gasteiger partial charge in [0.05, 0.1) is 0 Å². The molecular formula is C15H18F3N. The minimum Gasteiger partial charge on any atom is -0.296 e. The van der Waals surface area contributed by atoms with E-state index in [0.29, 0.717) is 5.92 Å². The summed E-state index contributed by atoms with van der Waals surface area (Å²) in [6, 6.07) is 7.71. The predicted molar refractivity (Wildman–Crippen MR) is 67.8 cm³/mol. The second kappa shape index (κ2) is 4.23. The van der Waals surface area contributed by atoms with Gasteiger partial charge in [-0.05, 0) is 44.1 Å². The molecule has 0 heterocycles. The molecule has 2 fully saturated rings. The van der Waals surface area contributed by atoms with Crippen molar-refractivity contribution >= 4 is 0 Å². The quantitative estimate of drug-likeness (QED) is 0.866. The maximum absolute atomic E-state index is 13.1. The minimum atomic E-state index is -4.13. The summed E-state index contributed by atoms with van der Waals surface area (Å²) < 4.78 is 39.2. The molecule has 2 saturated carbocycles. The largest absolute Gasteiger partial charge is 0.406 e. The summed E-state index contributed by atoms with van der Waals surface area (Å²) in [6.07, 6.45) is -1.65. The van der Waals surface area contributed by atoms with Gasteiger partial charge in [0.15, 0.2) is 0 Å². The topological polar surface area (TPSA) is 12.0 Å². The van der Waals surface area contributed by atoms with Crippen LogP contribution < -0.4 is 5.32 Å². The van der Waals surface area contributed by atoms with Crippen molar-refractivity contribution in [3.05, 3.63) is 35.4 Å². The van der Waals surface area contributed by atoms with Gasteiger partial charge in [-0.3, -0.25) is 5.32 Å². The van der Waals surface area contributed by atoms with Crippen LogP contribution in [0.15, 0.2) is 24.3 Å². The van der Waals surface area contributed by atoms with E-state index in [4.69, 9.17) is 0 Å². The van der Waals surface area contributed by atoms with Crippen LogP contribution in [-0.2, 0) is 0 Å². The molecule has 3 rings (SSSR count). The van der Waals surface area contributed by atoms with Crippen LogP contribution in [0.2, 0.25) is 0 Å². The molecule has 1 aromatic carbocycles. The van der Waals surface area contributed by atoms with Crippen LogP contribution in [0.1, 0.15) is 42.9 Å². The van der Waals surface area contributed by atoms with Crippen LogP contribution in [0.25, 0.3) is 0 Å². The van der Waals surface area contributed by atoms with Gasteiger partial charge in [-0.2, -0.15) is 13.2 Å². The average molecular weight is 269 g/mol. The summed E-state index contributed by atoms with van der Waals surface area (Å²) in [5.74, 6) is 0.363. The molecule has 0 spiro atoms. The smallest absolute Gasteiger partial charge is 0.296 e. The summed E-state index contributed by atoms with van der Waals surface area (Å²) in [7, 11) is 0. The molecule has 0 aliphatic heterocycles. The fourth-order valence-electron chi connectivity index (χ4n) is 2.61. The van der Waals surface area contributed by atoms with Crippen molar-refractivity contribution in [3.63, 3.8) is 0 Å². The van der Waals surface area contributed by atoms with E-state index >= 15 is 0 Å². The van der Waals surface area contributed by atoms with E-state index in [-0.39, 0.29) is 18.9 Å². The van der Waals surface area contributed by atoms with Crippen LogP contribution in [0.4, 0.5) is 13.2 Å². The minimum absolute atomic E-state index is 0.148. The van der Waals surface area contributed by atoms with Crippen LogP contribution in [0, 0.1) is 12.8 Å². The van der Waals surface area contributed by atoms with Crippen LogP contribution in [-0.4, -0.2) is 11.7 Å². The molecule has 1 atom stereocenters. The van der Waals surface area contributed by atoms with Crippen molar-refractivity contribution in [2.24, 2.45) is 5.92 Å². The second-order valence-corrected chi connectivity index (χ2v) is 5.95. The highest BCUT2D eigenvalue weighted by Crippen LogP contribution is 2.52. The van der Waals surface area contributed by atoms with Crippen molar-refractivity contribution < 1.29 is 13.2 Å². The lowest BCUT2D eigenvalue weighted by molar-refractivity contribution is -0.168. The zero-order valence-corrected chi connectivity index (χ0v) is 10.9. The highest BCUT2D eigenvalue weighted by atomic mass is 19.4. The normalized spacial score (nSPS) is 23.2. The molecule has 0 radical (unpaired) electrons. The van der Waals surface area contributed by atoms with Crippen molar-refractivity contribution in [2.45, 2.75) is 50.4 Å². The monoisotopic (exact) mass is 269 g/mol. The molecule has 1 N–H and O–H groups in total. The Morgan fingerprint density at radius 1 is 1.16 bits per heavy atom. The Bertz CT molecular complexity index is 455. The van der Waals surface area contributed by atoms with Crippen molar-refractivity contribution in [3.8, 4) is 0 Å². The zero-order valence-electron chi connectivity index (χ0n) is 10.9. The van der Waals surface area contributed by atoms with Gasteiger partial charge in [0.25, 0.3) is 0 Å². The Kier molecular flexibility index (Phi) is 2.89. The van der Waals surface area contributed by atoms with Crippen molar-refractivity contribution in [2.75, 3.05) is 0 Å². The average Bonchev–Trinajstić information content (AvgIpc) is 3.20. The molecule has 1 nitrogen and oxygen atoms in total. The lowest BCUT2D eigenvalue weighted by atomic mass is 9.99. The molecule has 1 aromatic rings. The second-order valence-electron chi connectivity index (χ2n) is 5.95. The Hall–Kier alpha value is -1.03. The molecule has 1 unspecified atom stereocenters. The van der Waals surface area contributed by atoms with Gasteiger partial charge < -0.3 is 0 Å². The van der Waals surface area contributed by atoms with Gasteiger partial charge in [0.1, 0.15) is 5.54 Å². The molecule has 19 heavy (non-hydrogen) atoms. The highest BCUT2D eigenvalue weighted by molar-refractivity contribution is 5.27. The molecule has 0 bridgehead atoms. The molecule has 4 heteroatoms. The van der Waals surface area contributed by atoms with Crippen molar-refractivity contribution in [1.82, 2.24) is 5.32 Å². The SMILES string of the molecule is Cc1ccc(C(NC2(C(F)(F)F)CC2)C2CC2)cc1. The number of alkyl halides is 3. The maximum atomic E-state index is 13.1. The number of aryl methyl sites for hydroxylation is 1. The first-order valence-electron chi connectivity index (χ1n) is 6.82. The number of rotatable bonds is 4. The third kappa shape index (κ3) is 2.50. The number of hydrogen-bond acceptors (Lipinski definition) is 1. The Morgan fingerprint density at radius 2 is 1.74 bits per heavy atom.